The molecule has 0 unspecified atom stereocenters. The molecule has 0 amide bonds. The Bertz CT molecular complexity index is 150. The van der Waals surface area contributed by atoms with Crippen molar-refractivity contribution in [3.63, 3.8) is 0 Å². The molecule has 0 spiro atoms. The zero-order valence-electron chi connectivity index (χ0n) is 6.85. The average Bonchev–Trinajstić information content (AvgIpc) is 1.98. The second-order valence-electron chi connectivity index (χ2n) is 2.16. The Morgan fingerprint density at radius 3 is 2.70 bits per heavy atom. The first-order chi connectivity index (χ1) is 4.85. The third kappa shape index (κ3) is 4.11. The van der Waals surface area contributed by atoms with E-state index >= 15 is 0 Å². The van der Waals surface area contributed by atoms with Crippen molar-refractivity contribution in [2.75, 3.05) is 0 Å². The summed E-state index contributed by atoms with van der Waals surface area (Å²) in [6.07, 6.45) is 5.01. The molecule has 56 valence electrons. The van der Waals surface area contributed by atoms with Gasteiger partial charge in [-0.1, -0.05) is 20.3 Å². The molecule has 0 radical (unpaired) electrons. The monoisotopic (exact) mass is 137 g/mol. The Morgan fingerprint density at radius 1 is 1.60 bits per heavy atom. The van der Waals surface area contributed by atoms with Crippen molar-refractivity contribution >= 4 is 6.72 Å². The lowest BCUT2D eigenvalue weighted by Crippen LogP contribution is -1.75. The van der Waals surface area contributed by atoms with Crippen molar-refractivity contribution in [2.45, 2.75) is 33.1 Å². The lowest BCUT2D eigenvalue weighted by molar-refractivity contribution is 0.861. The molecule has 0 aromatic carbocycles. The van der Waals surface area contributed by atoms with Gasteiger partial charge in [-0.15, -0.1) is 5.73 Å². The van der Waals surface area contributed by atoms with Gasteiger partial charge in [-0.2, -0.15) is 0 Å². The fourth-order valence-corrected chi connectivity index (χ4v) is 0.790. The van der Waals surface area contributed by atoms with E-state index in [0.717, 1.165) is 12.8 Å². The minimum absolute atomic E-state index is 1.07. The summed E-state index contributed by atoms with van der Waals surface area (Å²) in [4.78, 5) is 3.60. The number of aliphatic imine (C=N–C) groups is 1. The molecule has 0 N–H and O–H groups in total. The Labute approximate surface area is 63.2 Å². The predicted octanol–water partition coefficient (Wildman–Crippen LogP) is 2.94. The molecule has 0 bridgehead atoms. The summed E-state index contributed by atoms with van der Waals surface area (Å²) in [6, 6.07) is 0. The Kier molecular flexibility index (Phi) is 5.80. The molecule has 0 aliphatic carbocycles. The van der Waals surface area contributed by atoms with Crippen LogP contribution in [0.4, 0.5) is 0 Å². The van der Waals surface area contributed by atoms with E-state index in [2.05, 4.69) is 31.3 Å². The SMILES string of the molecule is C=NC=C=C(CC)CCC. The van der Waals surface area contributed by atoms with Crippen molar-refractivity contribution in [3.05, 3.63) is 17.5 Å². The molecule has 10 heavy (non-hydrogen) atoms. The first-order valence-electron chi connectivity index (χ1n) is 3.73. The van der Waals surface area contributed by atoms with E-state index in [-0.39, 0.29) is 0 Å². The lowest BCUT2D eigenvalue weighted by atomic mass is 10.1. The number of allylic oxidation sites excluding steroid dienone is 1. The highest BCUT2D eigenvalue weighted by Crippen LogP contribution is 2.06. The topological polar surface area (TPSA) is 12.4 Å². The second-order valence-corrected chi connectivity index (χ2v) is 2.16. The maximum atomic E-state index is 3.60. The molecule has 0 saturated carbocycles. The van der Waals surface area contributed by atoms with Crippen LogP contribution in [0.25, 0.3) is 0 Å². The van der Waals surface area contributed by atoms with Crippen LogP contribution in [0, 0.1) is 0 Å². The molecular weight excluding hydrogens is 122 g/mol. The van der Waals surface area contributed by atoms with Crippen molar-refractivity contribution in [1.29, 1.82) is 0 Å². The normalized spacial score (nSPS) is 8.20. The van der Waals surface area contributed by atoms with E-state index < -0.39 is 0 Å². The summed E-state index contributed by atoms with van der Waals surface area (Å²) in [5.41, 5.74) is 4.41. The first kappa shape index (κ1) is 9.19. The smallest absolute Gasteiger partial charge is 0.0678 e. The minimum Gasteiger partial charge on any atom is -0.264 e. The Morgan fingerprint density at radius 2 is 2.30 bits per heavy atom. The largest absolute Gasteiger partial charge is 0.264 e. The average molecular weight is 137 g/mol. The summed E-state index contributed by atoms with van der Waals surface area (Å²) in [7, 11) is 0. The van der Waals surface area contributed by atoms with Crippen LogP contribution >= 0.6 is 0 Å². The molecule has 0 rings (SSSR count). The lowest BCUT2D eigenvalue weighted by Gasteiger charge is -1.94. The molecule has 0 aromatic heterocycles. The molecule has 0 atom stereocenters. The molecule has 0 heterocycles. The van der Waals surface area contributed by atoms with Crippen LogP contribution in [-0.4, -0.2) is 6.72 Å². The van der Waals surface area contributed by atoms with Crippen molar-refractivity contribution in [3.8, 4) is 0 Å². The van der Waals surface area contributed by atoms with E-state index in [4.69, 9.17) is 0 Å². The molecule has 0 fully saturated rings. The molecule has 0 aliphatic rings. The summed E-state index contributed by atoms with van der Waals surface area (Å²) in [5.74, 6) is 0. The van der Waals surface area contributed by atoms with E-state index in [1.165, 1.54) is 12.0 Å². The van der Waals surface area contributed by atoms with E-state index in [1.807, 2.05) is 0 Å². The number of rotatable bonds is 4. The van der Waals surface area contributed by atoms with Crippen LogP contribution in [-0.2, 0) is 0 Å². The summed E-state index contributed by atoms with van der Waals surface area (Å²) in [6.45, 7) is 7.64. The molecular formula is C9H15N. The van der Waals surface area contributed by atoms with Gasteiger partial charge in [0.05, 0.1) is 6.20 Å². The van der Waals surface area contributed by atoms with Crippen molar-refractivity contribution in [2.24, 2.45) is 4.99 Å². The third-order valence-corrected chi connectivity index (χ3v) is 1.34. The zero-order valence-corrected chi connectivity index (χ0v) is 6.85. The van der Waals surface area contributed by atoms with Gasteiger partial charge in [0, 0.05) is 0 Å². The summed E-state index contributed by atoms with van der Waals surface area (Å²) in [5, 5.41) is 0. The number of nitrogens with zero attached hydrogens (tertiary/aromatic N) is 1. The van der Waals surface area contributed by atoms with Gasteiger partial charge in [-0.3, -0.25) is 4.99 Å². The van der Waals surface area contributed by atoms with E-state index in [9.17, 15) is 0 Å². The van der Waals surface area contributed by atoms with Gasteiger partial charge in [0.15, 0.2) is 0 Å². The molecule has 0 saturated heterocycles. The number of hydrogen-bond acceptors (Lipinski definition) is 1. The van der Waals surface area contributed by atoms with Crippen LogP contribution < -0.4 is 0 Å². The van der Waals surface area contributed by atoms with Gasteiger partial charge in [0.25, 0.3) is 0 Å². The second kappa shape index (κ2) is 6.31. The van der Waals surface area contributed by atoms with Crippen LogP contribution in [0.15, 0.2) is 22.5 Å². The maximum Gasteiger partial charge on any atom is 0.0678 e. The highest BCUT2D eigenvalue weighted by Gasteiger charge is 1.87. The van der Waals surface area contributed by atoms with Crippen LogP contribution in [0.2, 0.25) is 0 Å². The Hall–Kier alpha value is -0.810. The quantitative estimate of drug-likeness (QED) is 0.417. The van der Waals surface area contributed by atoms with Crippen LogP contribution in [0.1, 0.15) is 33.1 Å². The molecule has 1 nitrogen and oxygen atoms in total. The van der Waals surface area contributed by atoms with Gasteiger partial charge in [-0.05, 0) is 25.1 Å². The highest BCUT2D eigenvalue weighted by atomic mass is 14.6. The predicted molar refractivity (Wildman–Crippen MR) is 46.3 cm³/mol. The first-order valence-corrected chi connectivity index (χ1v) is 3.73. The van der Waals surface area contributed by atoms with E-state index in [1.54, 1.807) is 6.20 Å². The zero-order chi connectivity index (χ0) is 7.82. The standard InChI is InChI=1S/C9H15N/c1-4-6-9(5-2)7-8-10-3/h8H,3-6H2,1-2H3. The Balaban J connectivity index is 4.02. The van der Waals surface area contributed by atoms with Gasteiger partial charge in [-0.25, -0.2) is 0 Å². The van der Waals surface area contributed by atoms with Gasteiger partial charge in [0.2, 0.25) is 0 Å². The molecule has 0 aliphatic heterocycles. The van der Waals surface area contributed by atoms with Crippen molar-refractivity contribution < 1.29 is 0 Å². The third-order valence-electron chi connectivity index (χ3n) is 1.34. The van der Waals surface area contributed by atoms with Crippen LogP contribution in [0.5, 0.6) is 0 Å². The fourth-order valence-electron chi connectivity index (χ4n) is 0.790. The summed E-state index contributed by atoms with van der Waals surface area (Å²) >= 11 is 0. The van der Waals surface area contributed by atoms with Crippen LogP contribution in [0.3, 0.4) is 0 Å². The highest BCUT2D eigenvalue weighted by molar-refractivity contribution is 5.25. The van der Waals surface area contributed by atoms with Crippen molar-refractivity contribution in [1.82, 2.24) is 0 Å². The fraction of sp³-hybridized carbons (Fsp3) is 0.556. The van der Waals surface area contributed by atoms with E-state index in [0.29, 0.717) is 0 Å². The van der Waals surface area contributed by atoms with Gasteiger partial charge < -0.3 is 0 Å². The summed E-state index contributed by atoms with van der Waals surface area (Å²) < 4.78 is 0. The number of hydrogen-bond donors (Lipinski definition) is 0. The molecule has 1 heteroatoms. The van der Waals surface area contributed by atoms with Gasteiger partial charge in [0.1, 0.15) is 0 Å². The maximum absolute atomic E-state index is 3.60. The minimum atomic E-state index is 1.07. The molecule has 0 aromatic rings. The van der Waals surface area contributed by atoms with Gasteiger partial charge >= 0.3 is 0 Å².